The number of hydrogen-bond donors (Lipinski definition) is 2. The van der Waals surface area contributed by atoms with Crippen LogP contribution < -0.4 is 22.3 Å². The molecule has 12 nitrogen and oxygen atoms in total. The summed E-state index contributed by atoms with van der Waals surface area (Å²) < 4.78 is 8.37. The molecule has 13 heteroatoms. The van der Waals surface area contributed by atoms with Gasteiger partial charge >= 0.3 is 11.7 Å². The van der Waals surface area contributed by atoms with E-state index in [9.17, 15) is 24.0 Å². The highest BCUT2D eigenvalue weighted by atomic mass is 32.1. The second kappa shape index (κ2) is 8.07. The topological polar surface area (TPSA) is 160 Å². The fraction of sp³-hybridized carbons (Fsp3) is 0.368. The van der Waals surface area contributed by atoms with E-state index in [1.165, 1.54) is 40.9 Å². The number of hydrogen-bond acceptors (Lipinski definition) is 8. The van der Waals surface area contributed by atoms with Crippen LogP contribution in [0.2, 0.25) is 0 Å². The SMILES string of the molecule is Cn1c(=O)c2c(ncn2CC(=O)OCC(=O)Nc2sc3c(c2C(N)=O)CCC3)n(C)c1=O. The standard InChI is InChI=1S/C19H20N6O6S/c1-23-16-14(18(29)24(2)19(23)30)25(8-21-16)6-12(27)31-7-11(26)22-17-13(15(20)28)9-4-3-5-10(9)32-17/h8H,3-7H2,1-2H3,(H2,20,28)(H,22,26). The van der Waals surface area contributed by atoms with Crippen LogP contribution in [0.15, 0.2) is 15.9 Å². The normalized spacial score (nSPS) is 12.7. The summed E-state index contributed by atoms with van der Waals surface area (Å²) >= 11 is 1.30. The number of aromatic nitrogens is 4. The molecule has 0 saturated carbocycles. The molecule has 0 bridgehead atoms. The van der Waals surface area contributed by atoms with Crippen molar-refractivity contribution in [1.29, 1.82) is 0 Å². The van der Waals surface area contributed by atoms with Crippen molar-refractivity contribution < 1.29 is 19.1 Å². The molecule has 3 aromatic rings. The molecule has 0 atom stereocenters. The van der Waals surface area contributed by atoms with Gasteiger partial charge in [0, 0.05) is 19.0 Å². The zero-order valence-electron chi connectivity index (χ0n) is 17.3. The van der Waals surface area contributed by atoms with Crippen molar-refractivity contribution in [2.75, 3.05) is 11.9 Å². The molecule has 0 fully saturated rings. The Morgan fingerprint density at radius 3 is 2.69 bits per heavy atom. The first kappa shape index (κ1) is 21.5. The van der Waals surface area contributed by atoms with Gasteiger partial charge in [0.15, 0.2) is 17.8 Å². The van der Waals surface area contributed by atoms with E-state index in [1.54, 1.807) is 0 Å². The minimum Gasteiger partial charge on any atom is -0.454 e. The average molecular weight is 460 g/mol. The number of nitrogens with two attached hydrogens (primary N) is 1. The number of rotatable bonds is 6. The third-order valence-corrected chi connectivity index (χ3v) is 6.51. The molecule has 0 aliphatic heterocycles. The van der Waals surface area contributed by atoms with Crippen LogP contribution in [0.25, 0.3) is 11.2 Å². The minimum absolute atomic E-state index is 0.0650. The number of imidazole rings is 1. The number of amides is 2. The highest BCUT2D eigenvalue weighted by molar-refractivity contribution is 7.17. The van der Waals surface area contributed by atoms with Gasteiger partial charge in [0.2, 0.25) is 0 Å². The molecule has 0 aromatic carbocycles. The van der Waals surface area contributed by atoms with E-state index in [-0.39, 0.29) is 17.7 Å². The highest BCUT2D eigenvalue weighted by Gasteiger charge is 2.26. The van der Waals surface area contributed by atoms with Crippen molar-refractivity contribution in [2.24, 2.45) is 19.8 Å². The van der Waals surface area contributed by atoms with E-state index in [2.05, 4.69) is 10.3 Å². The number of nitrogens with one attached hydrogen (secondary N) is 1. The molecular weight excluding hydrogens is 440 g/mol. The maximum Gasteiger partial charge on any atom is 0.332 e. The molecule has 0 radical (unpaired) electrons. The summed E-state index contributed by atoms with van der Waals surface area (Å²) in [5, 5.41) is 2.94. The van der Waals surface area contributed by atoms with E-state index in [4.69, 9.17) is 10.5 Å². The summed E-state index contributed by atoms with van der Waals surface area (Å²) in [5.41, 5.74) is 5.71. The molecule has 4 rings (SSSR count). The third-order valence-electron chi connectivity index (χ3n) is 5.30. The number of carbonyl (C=O) groups is 3. The summed E-state index contributed by atoms with van der Waals surface area (Å²) in [5.74, 6) is -2.01. The van der Waals surface area contributed by atoms with Gasteiger partial charge in [0.1, 0.15) is 11.5 Å². The van der Waals surface area contributed by atoms with Gasteiger partial charge in [0.05, 0.1) is 11.9 Å². The van der Waals surface area contributed by atoms with Crippen molar-refractivity contribution in [2.45, 2.75) is 25.8 Å². The van der Waals surface area contributed by atoms with Gasteiger partial charge in [-0.3, -0.25) is 28.3 Å². The fourth-order valence-corrected chi connectivity index (χ4v) is 5.07. The van der Waals surface area contributed by atoms with Gasteiger partial charge in [0.25, 0.3) is 17.4 Å². The lowest BCUT2D eigenvalue weighted by Crippen LogP contribution is -2.37. The average Bonchev–Trinajstić information content (AvgIpc) is 3.43. The van der Waals surface area contributed by atoms with Crippen LogP contribution >= 0.6 is 11.3 Å². The predicted octanol–water partition coefficient (Wildman–Crippen LogP) is -0.735. The van der Waals surface area contributed by atoms with Crippen LogP contribution in [0.5, 0.6) is 0 Å². The maximum atomic E-state index is 12.4. The summed E-state index contributed by atoms with van der Waals surface area (Å²) in [4.78, 5) is 65.8. The summed E-state index contributed by atoms with van der Waals surface area (Å²) in [6.45, 7) is -0.959. The molecule has 168 valence electrons. The molecular formula is C19H20N6O6S. The lowest BCUT2D eigenvalue weighted by Gasteiger charge is -2.08. The summed E-state index contributed by atoms with van der Waals surface area (Å²) in [6, 6.07) is 0. The first-order valence-corrected chi connectivity index (χ1v) is 10.5. The highest BCUT2D eigenvalue weighted by Crippen LogP contribution is 2.38. The number of nitrogens with zero attached hydrogens (tertiary/aromatic N) is 4. The predicted molar refractivity (Wildman–Crippen MR) is 115 cm³/mol. The lowest BCUT2D eigenvalue weighted by molar-refractivity contribution is -0.147. The number of ether oxygens (including phenoxy) is 1. The van der Waals surface area contributed by atoms with Crippen LogP contribution in [0.3, 0.4) is 0 Å². The number of esters is 1. The van der Waals surface area contributed by atoms with Crippen molar-refractivity contribution in [3.8, 4) is 0 Å². The first-order valence-electron chi connectivity index (χ1n) is 9.69. The molecule has 32 heavy (non-hydrogen) atoms. The van der Waals surface area contributed by atoms with Crippen LogP contribution in [0.1, 0.15) is 27.2 Å². The lowest BCUT2D eigenvalue weighted by atomic mass is 10.1. The molecule has 3 aromatic heterocycles. The van der Waals surface area contributed by atoms with Crippen LogP contribution in [-0.4, -0.2) is 43.1 Å². The zero-order valence-corrected chi connectivity index (χ0v) is 18.2. The molecule has 0 saturated heterocycles. The second-order valence-electron chi connectivity index (χ2n) is 7.39. The molecule has 3 N–H and O–H groups in total. The van der Waals surface area contributed by atoms with Gasteiger partial charge in [-0.1, -0.05) is 0 Å². The van der Waals surface area contributed by atoms with Crippen LogP contribution in [0, 0.1) is 0 Å². The Balaban J connectivity index is 1.43. The summed E-state index contributed by atoms with van der Waals surface area (Å²) in [6.07, 6.45) is 3.75. The first-order chi connectivity index (χ1) is 15.2. The van der Waals surface area contributed by atoms with Crippen molar-refractivity contribution >= 4 is 45.3 Å². The van der Waals surface area contributed by atoms with E-state index in [0.29, 0.717) is 10.6 Å². The number of carbonyl (C=O) groups excluding carboxylic acids is 3. The Morgan fingerprint density at radius 2 is 1.97 bits per heavy atom. The Labute approximate surface area is 184 Å². The van der Waals surface area contributed by atoms with Gasteiger partial charge < -0.3 is 20.4 Å². The van der Waals surface area contributed by atoms with E-state index < -0.39 is 35.6 Å². The second-order valence-corrected chi connectivity index (χ2v) is 8.49. The fourth-order valence-electron chi connectivity index (χ4n) is 3.76. The van der Waals surface area contributed by atoms with Gasteiger partial charge in [-0.2, -0.15) is 0 Å². The minimum atomic E-state index is -0.779. The number of thiophene rings is 1. The number of aryl methyl sites for hydroxylation is 2. The molecule has 3 heterocycles. The molecule has 2 amide bonds. The Hall–Kier alpha value is -3.74. The molecule has 0 unspecified atom stereocenters. The quantitative estimate of drug-likeness (QED) is 0.458. The van der Waals surface area contributed by atoms with E-state index in [0.717, 1.165) is 34.3 Å². The van der Waals surface area contributed by atoms with Crippen molar-refractivity contribution in [1.82, 2.24) is 18.7 Å². The Morgan fingerprint density at radius 1 is 1.22 bits per heavy atom. The van der Waals surface area contributed by atoms with Crippen LogP contribution in [0.4, 0.5) is 5.00 Å². The van der Waals surface area contributed by atoms with Crippen LogP contribution in [-0.2, 0) is 47.8 Å². The van der Waals surface area contributed by atoms with Crippen molar-refractivity contribution in [3.63, 3.8) is 0 Å². The largest absolute Gasteiger partial charge is 0.454 e. The molecule has 1 aliphatic rings. The van der Waals surface area contributed by atoms with Gasteiger partial charge in [-0.05, 0) is 24.8 Å². The van der Waals surface area contributed by atoms with E-state index in [1.807, 2.05) is 0 Å². The van der Waals surface area contributed by atoms with E-state index >= 15 is 0 Å². The van der Waals surface area contributed by atoms with Crippen molar-refractivity contribution in [3.05, 3.63) is 43.2 Å². The Bertz CT molecular complexity index is 1390. The maximum absolute atomic E-state index is 12.4. The van der Waals surface area contributed by atoms with Gasteiger partial charge in [-0.15, -0.1) is 11.3 Å². The third kappa shape index (κ3) is 3.60. The summed E-state index contributed by atoms with van der Waals surface area (Å²) in [7, 11) is 2.79. The Kier molecular flexibility index (Phi) is 5.42. The molecule has 1 aliphatic carbocycles. The number of fused-ring (bicyclic) bond motifs is 2. The monoisotopic (exact) mass is 460 g/mol. The zero-order chi connectivity index (χ0) is 23.2. The molecule has 0 spiro atoms. The number of anilines is 1. The number of primary amides is 1. The van der Waals surface area contributed by atoms with Gasteiger partial charge in [-0.25, -0.2) is 9.78 Å². The smallest absolute Gasteiger partial charge is 0.332 e.